The highest BCUT2D eigenvalue weighted by atomic mass is 16.2. The Balaban J connectivity index is 2.08. The molecule has 1 unspecified atom stereocenters. The van der Waals surface area contributed by atoms with E-state index >= 15 is 0 Å². The first-order chi connectivity index (χ1) is 13.0. The van der Waals surface area contributed by atoms with Crippen molar-refractivity contribution >= 4 is 23.1 Å². The lowest BCUT2D eigenvalue weighted by Gasteiger charge is -2.25. The molecule has 2 aliphatic heterocycles. The number of anilines is 1. The van der Waals surface area contributed by atoms with Crippen molar-refractivity contribution < 1.29 is 9.59 Å². The minimum Gasteiger partial charge on any atom is -0.366 e. The number of carbonyl (C=O) groups excluding carboxylic acids is 2. The lowest BCUT2D eigenvalue weighted by Crippen LogP contribution is -2.43. The van der Waals surface area contributed by atoms with Crippen molar-refractivity contribution in [1.29, 1.82) is 5.26 Å². The van der Waals surface area contributed by atoms with Crippen molar-refractivity contribution in [2.75, 3.05) is 18.0 Å². The molecule has 6 nitrogen and oxygen atoms in total. The number of nitriles is 1. The average Bonchev–Trinajstić information content (AvgIpc) is 3.31. The Bertz CT molecular complexity index is 894. The SMILES string of the molecule is C=C/C=C(\C=C)c1cc(C(N)=O)cc2c1CCN2C(=O)C1CCCN1C#N. The number of rotatable bonds is 5. The number of carbonyl (C=O) groups is 2. The van der Waals surface area contributed by atoms with Crippen LogP contribution in [-0.4, -0.2) is 35.8 Å². The summed E-state index contributed by atoms with van der Waals surface area (Å²) in [5.74, 6) is -0.659. The fourth-order valence-electron chi connectivity index (χ4n) is 3.85. The lowest BCUT2D eigenvalue weighted by molar-refractivity contribution is -0.121. The van der Waals surface area contributed by atoms with Crippen LogP contribution in [0.15, 0.2) is 43.5 Å². The van der Waals surface area contributed by atoms with Crippen molar-refractivity contribution in [1.82, 2.24) is 4.90 Å². The molecule has 1 aromatic carbocycles. The van der Waals surface area contributed by atoms with Crippen molar-refractivity contribution in [3.05, 3.63) is 60.2 Å². The second kappa shape index (κ2) is 7.50. The van der Waals surface area contributed by atoms with Crippen molar-refractivity contribution in [2.24, 2.45) is 5.73 Å². The minimum atomic E-state index is -0.556. The number of primary amides is 1. The zero-order chi connectivity index (χ0) is 19.6. The number of nitrogens with zero attached hydrogens (tertiary/aromatic N) is 3. The molecule has 2 aliphatic rings. The number of amides is 2. The molecule has 0 aliphatic carbocycles. The maximum Gasteiger partial charge on any atom is 0.250 e. The van der Waals surface area contributed by atoms with Gasteiger partial charge in [-0.1, -0.05) is 31.4 Å². The smallest absolute Gasteiger partial charge is 0.250 e. The van der Waals surface area contributed by atoms with Crippen molar-refractivity contribution in [3.63, 3.8) is 0 Å². The van der Waals surface area contributed by atoms with Gasteiger partial charge in [0.05, 0.1) is 0 Å². The summed E-state index contributed by atoms with van der Waals surface area (Å²) in [6.07, 6.45) is 9.41. The molecule has 2 amide bonds. The summed E-state index contributed by atoms with van der Waals surface area (Å²) in [5, 5.41) is 9.26. The molecule has 138 valence electrons. The molecular formula is C21H22N4O2. The molecule has 0 bridgehead atoms. The second-order valence-corrected chi connectivity index (χ2v) is 6.64. The van der Waals surface area contributed by atoms with Gasteiger partial charge in [0, 0.05) is 24.3 Å². The summed E-state index contributed by atoms with van der Waals surface area (Å²) in [6, 6.07) is 2.97. The Morgan fingerprint density at radius 1 is 1.30 bits per heavy atom. The molecule has 2 N–H and O–H groups in total. The molecule has 1 aromatic rings. The normalized spacial score (nSPS) is 18.8. The third-order valence-electron chi connectivity index (χ3n) is 5.15. The molecule has 0 radical (unpaired) electrons. The maximum absolute atomic E-state index is 13.1. The van der Waals surface area contributed by atoms with Crippen LogP contribution in [0.25, 0.3) is 5.57 Å². The molecule has 3 rings (SSSR count). The van der Waals surface area contributed by atoms with Crippen LogP contribution in [0.3, 0.4) is 0 Å². The highest BCUT2D eigenvalue weighted by Gasteiger charge is 2.37. The standard InChI is InChI=1S/C21H22N4O2/c1-3-6-14(4-2)17-11-15(20(23)26)12-19-16(17)8-10-25(19)21(27)18-7-5-9-24(18)13-22/h3-4,6,11-12,18H,1-2,5,7-10H2,(H2,23,26)/b14-6+. The Morgan fingerprint density at radius 2 is 2.07 bits per heavy atom. The van der Waals surface area contributed by atoms with Crippen LogP contribution in [0.4, 0.5) is 5.69 Å². The molecule has 2 heterocycles. The van der Waals surface area contributed by atoms with Gasteiger partial charge in [-0.3, -0.25) is 14.5 Å². The number of nitrogens with two attached hydrogens (primary N) is 1. The largest absolute Gasteiger partial charge is 0.366 e. The third kappa shape index (κ3) is 3.24. The number of fused-ring (bicyclic) bond motifs is 1. The van der Waals surface area contributed by atoms with E-state index in [2.05, 4.69) is 19.4 Å². The predicted molar refractivity (Wildman–Crippen MR) is 105 cm³/mol. The van der Waals surface area contributed by atoms with Gasteiger partial charge in [0.1, 0.15) is 6.04 Å². The van der Waals surface area contributed by atoms with Crippen molar-refractivity contribution in [2.45, 2.75) is 25.3 Å². The number of hydrogen-bond donors (Lipinski definition) is 1. The van der Waals surface area contributed by atoms with Gasteiger partial charge in [0.25, 0.3) is 0 Å². The van der Waals surface area contributed by atoms with Gasteiger partial charge < -0.3 is 10.6 Å². The van der Waals surface area contributed by atoms with Crippen LogP contribution in [-0.2, 0) is 11.2 Å². The monoisotopic (exact) mass is 362 g/mol. The van der Waals surface area contributed by atoms with Gasteiger partial charge in [-0.05, 0) is 48.1 Å². The number of likely N-dealkylation sites (tertiary alicyclic amines) is 1. The van der Waals surface area contributed by atoms with Crippen LogP contribution in [0.2, 0.25) is 0 Å². The van der Waals surface area contributed by atoms with Crippen molar-refractivity contribution in [3.8, 4) is 6.19 Å². The topological polar surface area (TPSA) is 90.4 Å². The summed E-state index contributed by atoms with van der Waals surface area (Å²) >= 11 is 0. The van der Waals surface area contributed by atoms with Gasteiger partial charge >= 0.3 is 0 Å². The van der Waals surface area contributed by atoms with Gasteiger partial charge in [-0.25, -0.2) is 0 Å². The number of hydrogen-bond acceptors (Lipinski definition) is 4. The van der Waals surface area contributed by atoms with Crippen LogP contribution in [0.5, 0.6) is 0 Å². The van der Waals surface area contributed by atoms with Crippen LogP contribution in [0, 0.1) is 11.5 Å². The fraction of sp³-hybridized carbons (Fsp3) is 0.286. The summed E-state index contributed by atoms with van der Waals surface area (Å²) in [4.78, 5) is 28.2. The lowest BCUT2D eigenvalue weighted by atomic mass is 9.94. The quantitative estimate of drug-likeness (QED) is 0.643. The Morgan fingerprint density at radius 3 is 2.70 bits per heavy atom. The molecule has 6 heteroatoms. The fourth-order valence-corrected chi connectivity index (χ4v) is 3.85. The Kier molecular flexibility index (Phi) is 5.13. The van der Waals surface area contributed by atoms with Gasteiger partial charge in [0.2, 0.25) is 11.8 Å². The molecule has 0 spiro atoms. The molecule has 0 saturated carbocycles. The van der Waals surface area contributed by atoms with E-state index in [0.717, 1.165) is 23.1 Å². The van der Waals surface area contributed by atoms with Crippen LogP contribution < -0.4 is 10.6 Å². The first-order valence-corrected chi connectivity index (χ1v) is 8.91. The molecule has 27 heavy (non-hydrogen) atoms. The molecule has 0 aromatic heterocycles. The number of allylic oxidation sites excluding steroid dienone is 4. The van der Waals surface area contributed by atoms with E-state index in [1.54, 1.807) is 29.2 Å². The summed E-state index contributed by atoms with van der Waals surface area (Å²) in [6.45, 7) is 8.67. The highest BCUT2D eigenvalue weighted by Crippen LogP contribution is 2.37. The summed E-state index contributed by atoms with van der Waals surface area (Å²) in [5.41, 5.74) is 9.17. The van der Waals surface area contributed by atoms with E-state index in [1.807, 2.05) is 6.08 Å². The first-order valence-electron chi connectivity index (χ1n) is 8.91. The van der Waals surface area contributed by atoms with E-state index in [1.165, 1.54) is 4.90 Å². The maximum atomic E-state index is 13.1. The van der Waals surface area contributed by atoms with E-state index in [4.69, 9.17) is 5.73 Å². The minimum absolute atomic E-state index is 0.103. The van der Waals surface area contributed by atoms with Gasteiger partial charge in [-0.2, -0.15) is 5.26 Å². The molecule has 1 saturated heterocycles. The average molecular weight is 362 g/mol. The predicted octanol–water partition coefficient (Wildman–Crippen LogP) is 2.38. The first kappa shape index (κ1) is 18.5. The van der Waals surface area contributed by atoms with Crippen LogP contribution >= 0.6 is 0 Å². The van der Waals surface area contributed by atoms with Gasteiger partial charge in [0.15, 0.2) is 6.19 Å². The highest BCUT2D eigenvalue weighted by molar-refractivity contribution is 6.03. The van der Waals surface area contributed by atoms with Crippen LogP contribution in [0.1, 0.15) is 34.3 Å². The third-order valence-corrected chi connectivity index (χ3v) is 5.15. The number of benzene rings is 1. The zero-order valence-corrected chi connectivity index (χ0v) is 15.1. The second-order valence-electron chi connectivity index (χ2n) is 6.64. The zero-order valence-electron chi connectivity index (χ0n) is 15.1. The Labute approximate surface area is 158 Å². The molecular weight excluding hydrogens is 340 g/mol. The molecule has 1 fully saturated rings. The van der Waals surface area contributed by atoms with E-state index in [-0.39, 0.29) is 5.91 Å². The molecule has 1 atom stereocenters. The van der Waals surface area contributed by atoms with E-state index in [9.17, 15) is 14.9 Å². The van der Waals surface area contributed by atoms with E-state index in [0.29, 0.717) is 37.2 Å². The van der Waals surface area contributed by atoms with E-state index < -0.39 is 11.9 Å². The Hall–Kier alpha value is -3.33. The summed E-state index contributed by atoms with van der Waals surface area (Å²) < 4.78 is 0. The summed E-state index contributed by atoms with van der Waals surface area (Å²) in [7, 11) is 0. The van der Waals surface area contributed by atoms with Gasteiger partial charge in [-0.15, -0.1) is 0 Å².